The van der Waals surface area contributed by atoms with Gasteiger partial charge in [-0.05, 0) is 11.6 Å². The molecule has 0 amide bonds. The predicted octanol–water partition coefficient (Wildman–Crippen LogP) is 4.50. The summed E-state index contributed by atoms with van der Waals surface area (Å²) in [5, 5.41) is 8.91. The number of halogens is 2. The van der Waals surface area contributed by atoms with E-state index in [9.17, 15) is 13.6 Å². The Kier molecular flexibility index (Phi) is 4.78. The van der Waals surface area contributed by atoms with Crippen molar-refractivity contribution in [3.63, 3.8) is 0 Å². The van der Waals surface area contributed by atoms with Crippen LogP contribution in [0.1, 0.15) is 40.2 Å². The highest BCUT2D eigenvalue weighted by molar-refractivity contribution is 6.01. The highest BCUT2D eigenvalue weighted by Gasteiger charge is 2.22. The Hall–Kier alpha value is -2.54. The SMILES string of the molecule is N#CCC(C(=O)c1cccc(C(F)F)c1)c1ccccc1. The van der Waals surface area contributed by atoms with E-state index in [1.165, 1.54) is 24.3 Å². The summed E-state index contributed by atoms with van der Waals surface area (Å²) in [4.78, 5) is 12.5. The van der Waals surface area contributed by atoms with Crippen LogP contribution in [0.25, 0.3) is 0 Å². The van der Waals surface area contributed by atoms with Crippen LogP contribution in [0.5, 0.6) is 0 Å². The van der Waals surface area contributed by atoms with Gasteiger partial charge in [0.25, 0.3) is 6.43 Å². The molecule has 1 atom stereocenters. The van der Waals surface area contributed by atoms with Crippen molar-refractivity contribution < 1.29 is 13.6 Å². The van der Waals surface area contributed by atoms with E-state index in [2.05, 4.69) is 0 Å². The van der Waals surface area contributed by atoms with Gasteiger partial charge in [-0.3, -0.25) is 4.79 Å². The van der Waals surface area contributed by atoms with Crippen molar-refractivity contribution in [2.45, 2.75) is 18.8 Å². The van der Waals surface area contributed by atoms with Crippen molar-refractivity contribution in [3.05, 3.63) is 71.3 Å². The number of ketones is 1. The van der Waals surface area contributed by atoms with E-state index in [-0.39, 0.29) is 23.3 Å². The first-order valence-corrected chi connectivity index (χ1v) is 6.47. The number of hydrogen-bond donors (Lipinski definition) is 0. The number of Topliss-reactive ketones (excluding diaryl/α,β-unsaturated/α-hetero) is 1. The van der Waals surface area contributed by atoms with E-state index in [0.717, 1.165) is 0 Å². The topological polar surface area (TPSA) is 40.9 Å². The second-order valence-electron chi connectivity index (χ2n) is 4.62. The van der Waals surface area contributed by atoms with E-state index < -0.39 is 12.3 Å². The van der Waals surface area contributed by atoms with Crippen molar-refractivity contribution in [3.8, 4) is 6.07 Å². The molecular weight excluding hydrogens is 272 g/mol. The van der Waals surface area contributed by atoms with Crippen LogP contribution in [-0.4, -0.2) is 5.78 Å². The molecule has 0 aliphatic heterocycles. The lowest BCUT2D eigenvalue weighted by Gasteiger charge is -2.13. The Morgan fingerprint density at radius 2 is 1.71 bits per heavy atom. The van der Waals surface area contributed by atoms with Gasteiger partial charge in [0.05, 0.1) is 12.0 Å². The number of hydrogen-bond acceptors (Lipinski definition) is 2. The van der Waals surface area contributed by atoms with Crippen LogP contribution in [0.4, 0.5) is 8.78 Å². The molecular formula is C17H13F2NO. The Balaban J connectivity index is 2.35. The van der Waals surface area contributed by atoms with Crippen LogP contribution < -0.4 is 0 Å². The smallest absolute Gasteiger partial charge is 0.263 e. The molecule has 21 heavy (non-hydrogen) atoms. The second-order valence-corrected chi connectivity index (χ2v) is 4.62. The largest absolute Gasteiger partial charge is 0.293 e. The third-order valence-corrected chi connectivity index (χ3v) is 3.24. The zero-order valence-electron chi connectivity index (χ0n) is 11.2. The summed E-state index contributed by atoms with van der Waals surface area (Å²) in [5.74, 6) is -0.950. The molecule has 0 aromatic heterocycles. The molecule has 106 valence electrons. The van der Waals surface area contributed by atoms with Crippen LogP contribution in [0.15, 0.2) is 54.6 Å². The van der Waals surface area contributed by atoms with E-state index in [4.69, 9.17) is 5.26 Å². The maximum atomic E-state index is 12.7. The summed E-state index contributed by atoms with van der Waals surface area (Å²) in [6.07, 6.45) is -2.61. The minimum absolute atomic E-state index is 0.0156. The molecule has 0 aliphatic rings. The molecule has 0 saturated heterocycles. The fraction of sp³-hybridized carbons (Fsp3) is 0.176. The van der Waals surface area contributed by atoms with Gasteiger partial charge in [0, 0.05) is 17.5 Å². The third-order valence-electron chi connectivity index (χ3n) is 3.24. The number of carbonyl (C=O) groups is 1. The zero-order chi connectivity index (χ0) is 15.2. The normalized spacial score (nSPS) is 11.9. The summed E-state index contributed by atoms with van der Waals surface area (Å²) in [7, 11) is 0. The molecule has 0 heterocycles. The van der Waals surface area contributed by atoms with Gasteiger partial charge in [0.2, 0.25) is 0 Å². The van der Waals surface area contributed by atoms with Crippen LogP contribution in [-0.2, 0) is 0 Å². The Morgan fingerprint density at radius 1 is 1.05 bits per heavy atom. The number of nitriles is 1. The Bertz CT molecular complexity index is 662. The van der Waals surface area contributed by atoms with Crippen LogP contribution in [0.3, 0.4) is 0 Å². The maximum Gasteiger partial charge on any atom is 0.263 e. The number of rotatable bonds is 5. The second kappa shape index (κ2) is 6.76. The average Bonchev–Trinajstić information content (AvgIpc) is 2.53. The van der Waals surface area contributed by atoms with Gasteiger partial charge in [0.1, 0.15) is 0 Å². The third kappa shape index (κ3) is 3.51. The van der Waals surface area contributed by atoms with Gasteiger partial charge in [-0.25, -0.2) is 8.78 Å². The predicted molar refractivity (Wildman–Crippen MR) is 75.1 cm³/mol. The summed E-state index contributed by atoms with van der Waals surface area (Å²) in [5.41, 5.74) is 0.730. The number of benzene rings is 2. The summed E-state index contributed by atoms with van der Waals surface area (Å²) < 4.78 is 25.4. The van der Waals surface area contributed by atoms with Crippen LogP contribution in [0, 0.1) is 11.3 Å². The van der Waals surface area contributed by atoms with Gasteiger partial charge in [-0.1, -0.05) is 48.5 Å². The monoisotopic (exact) mass is 285 g/mol. The van der Waals surface area contributed by atoms with Crippen molar-refractivity contribution in [2.75, 3.05) is 0 Å². The summed E-state index contributed by atoms with van der Waals surface area (Å²) in [6.45, 7) is 0. The maximum absolute atomic E-state index is 12.7. The lowest BCUT2D eigenvalue weighted by atomic mass is 9.88. The molecule has 2 aromatic carbocycles. The Morgan fingerprint density at radius 3 is 2.33 bits per heavy atom. The fourth-order valence-electron chi connectivity index (χ4n) is 2.17. The van der Waals surface area contributed by atoms with Crippen molar-refractivity contribution >= 4 is 5.78 Å². The zero-order valence-corrected chi connectivity index (χ0v) is 11.2. The van der Waals surface area contributed by atoms with Crippen molar-refractivity contribution in [1.82, 2.24) is 0 Å². The molecule has 0 fully saturated rings. The lowest BCUT2D eigenvalue weighted by molar-refractivity contribution is 0.0960. The first kappa shape index (κ1) is 14.9. The first-order valence-electron chi connectivity index (χ1n) is 6.47. The molecule has 0 aliphatic carbocycles. The first-order chi connectivity index (χ1) is 10.1. The summed E-state index contributed by atoms with van der Waals surface area (Å²) in [6, 6.07) is 16.3. The molecule has 0 bridgehead atoms. The van der Waals surface area contributed by atoms with Crippen LogP contribution in [0.2, 0.25) is 0 Å². The van der Waals surface area contributed by atoms with Gasteiger partial charge < -0.3 is 0 Å². The molecule has 2 nitrogen and oxygen atoms in total. The molecule has 0 radical (unpaired) electrons. The molecule has 2 aromatic rings. The van der Waals surface area contributed by atoms with Gasteiger partial charge in [-0.2, -0.15) is 5.26 Å². The number of carbonyl (C=O) groups excluding carboxylic acids is 1. The lowest BCUT2D eigenvalue weighted by Crippen LogP contribution is -2.13. The molecule has 2 rings (SSSR count). The minimum Gasteiger partial charge on any atom is -0.293 e. The summed E-state index contributed by atoms with van der Waals surface area (Å²) >= 11 is 0. The standard InChI is InChI=1S/C17H13F2NO/c18-17(19)14-8-4-7-13(11-14)16(21)15(9-10-20)12-5-2-1-3-6-12/h1-8,11,15,17H,9H2. The molecule has 0 spiro atoms. The highest BCUT2D eigenvalue weighted by Crippen LogP contribution is 2.26. The quantitative estimate of drug-likeness (QED) is 0.759. The minimum atomic E-state index is -2.62. The van der Waals surface area contributed by atoms with Crippen LogP contribution >= 0.6 is 0 Å². The van der Waals surface area contributed by atoms with Crippen molar-refractivity contribution in [2.24, 2.45) is 0 Å². The van der Waals surface area contributed by atoms with Gasteiger partial charge >= 0.3 is 0 Å². The Labute approximate surface area is 121 Å². The fourth-order valence-corrected chi connectivity index (χ4v) is 2.17. The molecule has 4 heteroatoms. The average molecular weight is 285 g/mol. The van der Waals surface area contributed by atoms with E-state index in [0.29, 0.717) is 5.56 Å². The number of alkyl halides is 2. The van der Waals surface area contributed by atoms with Gasteiger partial charge in [-0.15, -0.1) is 0 Å². The molecule has 0 N–H and O–H groups in total. The van der Waals surface area contributed by atoms with E-state index in [1.807, 2.05) is 12.1 Å². The van der Waals surface area contributed by atoms with E-state index in [1.54, 1.807) is 24.3 Å². The highest BCUT2D eigenvalue weighted by atomic mass is 19.3. The molecule has 0 saturated carbocycles. The van der Waals surface area contributed by atoms with Gasteiger partial charge in [0.15, 0.2) is 5.78 Å². The van der Waals surface area contributed by atoms with E-state index >= 15 is 0 Å². The molecule has 1 unspecified atom stereocenters. The van der Waals surface area contributed by atoms with Crippen molar-refractivity contribution in [1.29, 1.82) is 5.26 Å². The number of nitrogens with zero attached hydrogens (tertiary/aromatic N) is 1.